The summed E-state index contributed by atoms with van der Waals surface area (Å²) in [5, 5.41) is 4.10. The zero-order valence-electron chi connectivity index (χ0n) is 17.6. The standard InChI is InChI=1S/C27H17F3O3S/c28-27(29,30)34(31,32)33-26-16-8-7-15-24(26)21-12-4-6-14-23(21)25-17-18-9-1-2-10-19(18)20-11-3-5-13-22(20)25/h1-17H. The minimum atomic E-state index is -5.82. The second-order valence-electron chi connectivity index (χ2n) is 7.72. The van der Waals surface area contributed by atoms with Gasteiger partial charge in [0.05, 0.1) is 0 Å². The Bertz CT molecular complexity index is 1640. The highest BCUT2D eigenvalue weighted by atomic mass is 32.2. The molecule has 0 spiro atoms. The van der Waals surface area contributed by atoms with Gasteiger partial charge in [-0.3, -0.25) is 0 Å². The fourth-order valence-corrected chi connectivity index (χ4v) is 4.63. The third-order valence-electron chi connectivity index (χ3n) is 5.65. The molecular formula is C27H17F3O3S. The topological polar surface area (TPSA) is 43.4 Å². The number of halogens is 3. The van der Waals surface area contributed by atoms with E-state index in [2.05, 4.69) is 4.18 Å². The minimum absolute atomic E-state index is 0.239. The van der Waals surface area contributed by atoms with Crippen LogP contribution in [0.1, 0.15) is 0 Å². The van der Waals surface area contributed by atoms with Crippen LogP contribution in [-0.2, 0) is 10.1 Å². The molecule has 5 rings (SSSR count). The Hall–Kier alpha value is -3.84. The molecule has 0 N–H and O–H groups in total. The van der Waals surface area contributed by atoms with Crippen LogP contribution in [0.25, 0.3) is 43.8 Å². The first-order chi connectivity index (χ1) is 16.3. The van der Waals surface area contributed by atoms with Gasteiger partial charge >= 0.3 is 15.6 Å². The van der Waals surface area contributed by atoms with Crippen molar-refractivity contribution in [2.24, 2.45) is 0 Å². The molecule has 7 heteroatoms. The SMILES string of the molecule is O=S(=O)(Oc1ccccc1-c1ccccc1-c1cc2ccccc2c2ccccc12)C(F)(F)F. The van der Waals surface area contributed by atoms with Gasteiger partial charge < -0.3 is 4.18 Å². The van der Waals surface area contributed by atoms with Crippen molar-refractivity contribution in [3.05, 3.63) is 103 Å². The quantitative estimate of drug-likeness (QED) is 0.152. The highest BCUT2D eigenvalue weighted by Crippen LogP contribution is 2.42. The lowest BCUT2D eigenvalue weighted by atomic mass is 9.89. The molecule has 3 nitrogen and oxygen atoms in total. The summed E-state index contributed by atoms with van der Waals surface area (Å²) in [5.74, 6) is -0.391. The summed E-state index contributed by atoms with van der Waals surface area (Å²) in [5.41, 5.74) is -3.13. The number of hydrogen-bond acceptors (Lipinski definition) is 3. The van der Waals surface area contributed by atoms with Crippen LogP contribution in [0.2, 0.25) is 0 Å². The zero-order valence-corrected chi connectivity index (χ0v) is 18.4. The van der Waals surface area contributed by atoms with Crippen molar-refractivity contribution in [1.29, 1.82) is 0 Å². The van der Waals surface area contributed by atoms with Gasteiger partial charge in [-0.1, -0.05) is 91.0 Å². The summed E-state index contributed by atoms with van der Waals surface area (Å²) in [7, 11) is -5.82. The Kier molecular flexibility index (Phi) is 5.29. The van der Waals surface area contributed by atoms with Gasteiger partial charge in [-0.25, -0.2) is 0 Å². The van der Waals surface area contributed by atoms with E-state index in [1.165, 1.54) is 12.1 Å². The maximum Gasteiger partial charge on any atom is 0.534 e. The third kappa shape index (κ3) is 3.78. The van der Waals surface area contributed by atoms with Crippen molar-refractivity contribution < 1.29 is 25.8 Å². The van der Waals surface area contributed by atoms with Crippen molar-refractivity contribution in [2.75, 3.05) is 0 Å². The third-order valence-corrected chi connectivity index (χ3v) is 6.61. The summed E-state index contributed by atoms with van der Waals surface area (Å²) in [6, 6.07) is 30.9. The largest absolute Gasteiger partial charge is 0.534 e. The Labute approximate surface area is 194 Å². The number of alkyl halides is 3. The first-order valence-electron chi connectivity index (χ1n) is 10.4. The van der Waals surface area contributed by atoms with E-state index in [0.29, 0.717) is 5.56 Å². The number of hydrogen-bond donors (Lipinski definition) is 0. The predicted octanol–water partition coefficient (Wildman–Crippen LogP) is 7.56. The van der Waals surface area contributed by atoms with E-state index in [4.69, 9.17) is 0 Å². The van der Waals surface area contributed by atoms with Gasteiger partial charge in [-0.05, 0) is 50.4 Å². The fourth-order valence-electron chi connectivity index (χ4n) is 4.16. The zero-order chi connectivity index (χ0) is 23.9. The molecule has 5 aromatic rings. The van der Waals surface area contributed by atoms with Crippen molar-refractivity contribution in [3.63, 3.8) is 0 Å². The van der Waals surface area contributed by atoms with Crippen LogP contribution in [0.15, 0.2) is 103 Å². The molecule has 0 aliphatic rings. The predicted molar refractivity (Wildman–Crippen MR) is 128 cm³/mol. The number of para-hydroxylation sites is 1. The van der Waals surface area contributed by atoms with Crippen LogP contribution in [-0.4, -0.2) is 13.9 Å². The van der Waals surface area contributed by atoms with Gasteiger partial charge in [0, 0.05) is 5.56 Å². The lowest BCUT2D eigenvalue weighted by Gasteiger charge is -2.17. The molecule has 0 radical (unpaired) electrons. The maximum absolute atomic E-state index is 13.0. The van der Waals surface area contributed by atoms with Crippen LogP contribution >= 0.6 is 0 Å². The molecule has 0 saturated carbocycles. The van der Waals surface area contributed by atoms with Crippen molar-refractivity contribution in [1.82, 2.24) is 0 Å². The first kappa shape index (κ1) is 22.0. The summed E-state index contributed by atoms with van der Waals surface area (Å²) in [4.78, 5) is 0. The Morgan fingerprint density at radius 2 is 1.06 bits per heavy atom. The van der Waals surface area contributed by atoms with Crippen LogP contribution in [0.4, 0.5) is 13.2 Å². The molecule has 0 fully saturated rings. The molecule has 0 amide bonds. The Morgan fingerprint density at radius 3 is 1.74 bits per heavy atom. The van der Waals surface area contributed by atoms with Crippen LogP contribution in [0, 0.1) is 0 Å². The van der Waals surface area contributed by atoms with Crippen LogP contribution < -0.4 is 4.18 Å². The molecule has 0 aliphatic carbocycles. The Morgan fingerprint density at radius 1 is 0.559 bits per heavy atom. The van der Waals surface area contributed by atoms with Gasteiger partial charge in [-0.2, -0.15) is 21.6 Å². The second-order valence-corrected chi connectivity index (χ2v) is 9.25. The number of fused-ring (bicyclic) bond motifs is 3. The molecule has 0 saturated heterocycles. The van der Waals surface area contributed by atoms with E-state index in [-0.39, 0.29) is 5.56 Å². The van der Waals surface area contributed by atoms with Gasteiger partial charge in [-0.15, -0.1) is 0 Å². The van der Waals surface area contributed by atoms with Crippen molar-refractivity contribution in [2.45, 2.75) is 5.51 Å². The molecule has 0 unspecified atom stereocenters. The number of benzene rings is 5. The van der Waals surface area contributed by atoms with Gasteiger partial charge in [0.25, 0.3) is 0 Å². The van der Waals surface area contributed by atoms with Crippen LogP contribution in [0.3, 0.4) is 0 Å². The molecule has 34 heavy (non-hydrogen) atoms. The molecule has 170 valence electrons. The highest BCUT2D eigenvalue weighted by molar-refractivity contribution is 7.88. The summed E-state index contributed by atoms with van der Waals surface area (Å²) in [6.45, 7) is 0. The lowest BCUT2D eigenvalue weighted by Crippen LogP contribution is -2.28. The van der Waals surface area contributed by atoms with Gasteiger partial charge in [0.1, 0.15) is 0 Å². The number of rotatable bonds is 4. The monoisotopic (exact) mass is 478 g/mol. The highest BCUT2D eigenvalue weighted by Gasteiger charge is 2.48. The summed E-state index contributed by atoms with van der Waals surface area (Å²) >= 11 is 0. The van der Waals surface area contributed by atoms with E-state index < -0.39 is 21.4 Å². The van der Waals surface area contributed by atoms with E-state index in [1.807, 2.05) is 66.7 Å². The van der Waals surface area contributed by atoms with Crippen molar-refractivity contribution in [3.8, 4) is 28.0 Å². The molecule has 0 atom stereocenters. The van der Waals surface area contributed by atoms with Gasteiger partial charge in [0.2, 0.25) is 0 Å². The summed E-state index contributed by atoms with van der Waals surface area (Å²) < 4.78 is 67.0. The normalized spacial score (nSPS) is 12.2. The minimum Gasteiger partial charge on any atom is -0.375 e. The first-order valence-corrected chi connectivity index (χ1v) is 11.8. The maximum atomic E-state index is 13.0. The molecule has 0 aliphatic heterocycles. The second kappa shape index (κ2) is 8.18. The van der Waals surface area contributed by atoms with Crippen molar-refractivity contribution >= 4 is 31.7 Å². The lowest BCUT2D eigenvalue weighted by molar-refractivity contribution is -0.0499. The van der Waals surface area contributed by atoms with E-state index in [0.717, 1.165) is 32.7 Å². The molecule has 0 aromatic heterocycles. The molecular weight excluding hydrogens is 461 g/mol. The summed E-state index contributed by atoms with van der Waals surface area (Å²) in [6.07, 6.45) is 0. The fraction of sp³-hybridized carbons (Fsp3) is 0.0370. The van der Waals surface area contributed by atoms with Gasteiger partial charge in [0.15, 0.2) is 5.75 Å². The smallest absolute Gasteiger partial charge is 0.375 e. The Balaban J connectivity index is 1.76. The molecule has 0 heterocycles. The van der Waals surface area contributed by atoms with E-state index in [9.17, 15) is 21.6 Å². The molecule has 5 aromatic carbocycles. The van der Waals surface area contributed by atoms with Crippen LogP contribution in [0.5, 0.6) is 5.75 Å². The average molecular weight is 478 g/mol. The van der Waals surface area contributed by atoms with E-state index in [1.54, 1.807) is 24.3 Å². The van der Waals surface area contributed by atoms with E-state index >= 15 is 0 Å². The molecule has 0 bridgehead atoms. The average Bonchev–Trinajstić information content (AvgIpc) is 2.83.